The van der Waals surface area contributed by atoms with Gasteiger partial charge in [-0.25, -0.2) is 4.79 Å². The van der Waals surface area contributed by atoms with E-state index in [0.29, 0.717) is 13.1 Å². The monoisotopic (exact) mass is 274 g/mol. The maximum Gasteiger partial charge on any atom is 0.358 e. The molecule has 1 heterocycles. The standard InChI is InChI=1S/C14H18N4O2/c1-10-4-3-5-12(8-10)11(2)15-6-7-18-9-13(14(19)20)16-17-18/h3-5,8-9,11,15H,6-7H2,1-2H3,(H,19,20)/t11-/m1/s1. The van der Waals surface area contributed by atoms with E-state index in [1.807, 2.05) is 6.07 Å². The van der Waals surface area contributed by atoms with Crippen LogP contribution >= 0.6 is 0 Å². The normalized spacial score (nSPS) is 12.3. The summed E-state index contributed by atoms with van der Waals surface area (Å²) < 4.78 is 1.53. The van der Waals surface area contributed by atoms with Crippen molar-refractivity contribution in [2.75, 3.05) is 6.54 Å². The van der Waals surface area contributed by atoms with E-state index in [4.69, 9.17) is 5.11 Å². The predicted octanol–water partition coefficient (Wildman–Crippen LogP) is 1.64. The zero-order valence-electron chi connectivity index (χ0n) is 11.6. The number of benzene rings is 1. The molecule has 0 fully saturated rings. The van der Waals surface area contributed by atoms with Crippen LogP contribution in [0.25, 0.3) is 0 Å². The smallest absolute Gasteiger partial charge is 0.358 e. The summed E-state index contributed by atoms with van der Waals surface area (Å²) in [4.78, 5) is 10.7. The number of carboxylic acids is 1. The van der Waals surface area contributed by atoms with Crippen LogP contribution in [0, 0.1) is 6.92 Å². The lowest BCUT2D eigenvalue weighted by atomic mass is 10.1. The van der Waals surface area contributed by atoms with Crippen LogP contribution in [0.3, 0.4) is 0 Å². The second-order valence-corrected chi connectivity index (χ2v) is 4.76. The van der Waals surface area contributed by atoms with Crippen molar-refractivity contribution < 1.29 is 9.90 Å². The first-order chi connectivity index (χ1) is 9.56. The van der Waals surface area contributed by atoms with Crippen molar-refractivity contribution in [2.24, 2.45) is 0 Å². The highest BCUT2D eigenvalue weighted by Gasteiger charge is 2.08. The Morgan fingerprint density at radius 1 is 1.50 bits per heavy atom. The number of aryl methyl sites for hydroxylation is 1. The molecule has 6 nitrogen and oxygen atoms in total. The average molecular weight is 274 g/mol. The lowest BCUT2D eigenvalue weighted by Gasteiger charge is -2.14. The Balaban J connectivity index is 1.84. The van der Waals surface area contributed by atoms with Crippen LogP contribution < -0.4 is 5.32 Å². The molecule has 2 rings (SSSR count). The van der Waals surface area contributed by atoms with Crippen LogP contribution in [-0.2, 0) is 6.54 Å². The van der Waals surface area contributed by atoms with Gasteiger partial charge in [-0.3, -0.25) is 4.68 Å². The van der Waals surface area contributed by atoms with Gasteiger partial charge in [0.15, 0.2) is 5.69 Å². The first-order valence-electron chi connectivity index (χ1n) is 6.49. The molecule has 1 aromatic carbocycles. The van der Waals surface area contributed by atoms with Crippen LogP contribution in [0.2, 0.25) is 0 Å². The van der Waals surface area contributed by atoms with E-state index >= 15 is 0 Å². The average Bonchev–Trinajstić information content (AvgIpc) is 2.87. The molecule has 0 aliphatic rings. The van der Waals surface area contributed by atoms with Gasteiger partial charge in [0.1, 0.15) is 0 Å². The van der Waals surface area contributed by atoms with Gasteiger partial charge in [0.2, 0.25) is 0 Å². The van der Waals surface area contributed by atoms with Crippen molar-refractivity contribution in [3.63, 3.8) is 0 Å². The molecule has 0 bridgehead atoms. The number of aromatic nitrogens is 3. The molecule has 0 aliphatic heterocycles. The molecular formula is C14H18N4O2. The second kappa shape index (κ2) is 6.29. The molecular weight excluding hydrogens is 256 g/mol. The third-order valence-electron chi connectivity index (χ3n) is 3.09. The minimum absolute atomic E-state index is 0.0308. The highest BCUT2D eigenvalue weighted by molar-refractivity contribution is 5.84. The molecule has 20 heavy (non-hydrogen) atoms. The molecule has 1 atom stereocenters. The van der Waals surface area contributed by atoms with Crippen LogP contribution in [0.1, 0.15) is 34.6 Å². The van der Waals surface area contributed by atoms with Gasteiger partial charge in [0.25, 0.3) is 0 Å². The summed E-state index contributed by atoms with van der Waals surface area (Å²) in [6.07, 6.45) is 1.43. The van der Waals surface area contributed by atoms with Gasteiger partial charge in [-0.2, -0.15) is 0 Å². The summed E-state index contributed by atoms with van der Waals surface area (Å²) in [5, 5.41) is 19.5. The Morgan fingerprint density at radius 2 is 2.30 bits per heavy atom. The zero-order chi connectivity index (χ0) is 14.5. The van der Waals surface area contributed by atoms with Crippen molar-refractivity contribution >= 4 is 5.97 Å². The minimum atomic E-state index is -1.06. The highest BCUT2D eigenvalue weighted by atomic mass is 16.4. The molecule has 106 valence electrons. The third-order valence-corrected chi connectivity index (χ3v) is 3.09. The summed E-state index contributed by atoms with van der Waals surface area (Å²) in [6, 6.07) is 8.58. The summed E-state index contributed by atoms with van der Waals surface area (Å²) in [5.74, 6) is -1.06. The fourth-order valence-corrected chi connectivity index (χ4v) is 1.96. The number of nitrogens with zero attached hydrogens (tertiary/aromatic N) is 3. The van der Waals surface area contributed by atoms with E-state index in [9.17, 15) is 4.79 Å². The van der Waals surface area contributed by atoms with E-state index < -0.39 is 5.97 Å². The van der Waals surface area contributed by atoms with E-state index in [0.717, 1.165) is 0 Å². The molecule has 0 saturated carbocycles. The van der Waals surface area contributed by atoms with Gasteiger partial charge in [-0.15, -0.1) is 5.10 Å². The largest absolute Gasteiger partial charge is 0.476 e. The van der Waals surface area contributed by atoms with Crippen molar-refractivity contribution in [2.45, 2.75) is 26.4 Å². The van der Waals surface area contributed by atoms with Gasteiger partial charge < -0.3 is 10.4 Å². The molecule has 0 unspecified atom stereocenters. The zero-order valence-corrected chi connectivity index (χ0v) is 11.6. The predicted molar refractivity (Wildman–Crippen MR) is 74.6 cm³/mol. The Labute approximate surface area is 117 Å². The van der Waals surface area contributed by atoms with Crippen molar-refractivity contribution in [1.29, 1.82) is 0 Å². The van der Waals surface area contributed by atoms with Crippen molar-refractivity contribution in [3.05, 3.63) is 47.3 Å². The summed E-state index contributed by atoms with van der Waals surface area (Å²) >= 11 is 0. The SMILES string of the molecule is Cc1cccc([C@@H](C)NCCn2cc(C(=O)O)nn2)c1. The van der Waals surface area contributed by atoms with Crippen LogP contribution in [-0.4, -0.2) is 32.6 Å². The van der Waals surface area contributed by atoms with Gasteiger partial charge in [-0.1, -0.05) is 35.0 Å². The number of hydrogen-bond donors (Lipinski definition) is 2. The molecule has 2 N–H and O–H groups in total. The Morgan fingerprint density at radius 3 is 2.95 bits per heavy atom. The molecule has 6 heteroatoms. The van der Waals surface area contributed by atoms with E-state index in [2.05, 4.69) is 47.7 Å². The molecule has 0 amide bonds. The van der Waals surface area contributed by atoms with Crippen LogP contribution in [0.4, 0.5) is 0 Å². The quantitative estimate of drug-likeness (QED) is 0.837. The molecule has 0 saturated heterocycles. The molecule has 0 radical (unpaired) electrons. The van der Waals surface area contributed by atoms with Crippen LogP contribution in [0.5, 0.6) is 0 Å². The van der Waals surface area contributed by atoms with Crippen molar-refractivity contribution in [1.82, 2.24) is 20.3 Å². The number of aromatic carboxylic acids is 1. The van der Waals surface area contributed by atoms with Gasteiger partial charge in [-0.05, 0) is 19.4 Å². The van der Waals surface area contributed by atoms with E-state index in [1.54, 1.807) is 0 Å². The number of nitrogens with one attached hydrogen (secondary N) is 1. The molecule has 0 spiro atoms. The topological polar surface area (TPSA) is 80.0 Å². The minimum Gasteiger partial charge on any atom is -0.476 e. The first-order valence-corrected chi connectivity index (χ1v) is 6.49. The lowest BCUT2D eigenvalue weighted by molar-refractivity contribution is 0.0690. The Bertz CT molecular complexity index is 594. The summed E-state index contributed by atoms with van der Waals surface area (Å²) in [5.41, 5.74) is 2.44. The summed E-state index contributed by atoms with van der Waals surface area (Å²) in [7, 11) is 0. The first kappa shape index (κ1) is 14.2. The number of carbonyl (C=O) groups is 1. The maximum absolute atomic E-state index is 10.7. The van der Waals surface area contributed by atoms with E-state index in [1.165, 1.54) is 22.0 Å². The Hall–Kier alpha value is -2.21. The van der Waals surface area contributed by atoms with Gasteiger partial charge in [0, 0.05) is 12.6 Å². The van der Waals surface area contributed by atoms with Crippen LogP contribution in [0.15, 0.2) is 30.5 Å². The lowest BCUT2D eigenvalue weighted by Crippen LogP contribution is -2.23. The molecule has 0 aliphatic carbocycles. The number of carboxylic acid groups (broad SMARTS) is 1. The summed E-state index contributed by atoms with van der Waals surface area (Å²) in [6.45, 7) is 5.44. The molecule has 1 aromatic heterocycles. The van der Waals surface area contributed by atoms with Gasteiger partial charge >= 0.3 is 5.97 Å². The number of rotatable bonds is 6. The maximum atomic E-state index is 10.7. The Kier molecular flexibility index (Phi) is 4.47. The highest BCUT2D eigenvalue weighted by Crippen LogP contribution is 2.13. The number of hydrogen-bond acceptors (Lipinski definition) is 4. The molecule has 2 aromatic rings. The third kappa shape index (κ3) is 3.64. The second-order valence-electron chi connectivity index (χ2n) is 4.76. The van der Waals surface area contributed by atoms with E-state index in [-0.39, 0.29) is 11.7 Å². The fraction of sp³-hybridized carbons (Fsp3) is 0.357. The fourth-order valence-electron chi connectivity index (χ4n) is 1.96. The van der Waals surface area contributed by atoms with Gasteiger partial charge in [0.05, 0.1) is 12.7 Å². The van der Waals surface area contributed by atoms with Crippen molar-refractivity contribution in [3.8, 4) is 0 Å².